The zero-order valence-electron chi connectivity index (χ0n) is 9.63. The van der Waals surface area contributed by atoms with E-state index in [0.717, 1.165) is 13.1 Å². The van der Waals surface area contributed by atoms with Gasteiger partial charge in [-0.15, -0.1) is 0 Å². The first-order valence-electron chi connectivity index (χ1n) is 5.39. The molecule has 0 bridgehead atoms. The molecule has 4 heteroatoms. The highest BCUT2D eigenvalue weighted by Gasteiger charge is 1.93. The predicted molar refractivity (Wildman–Crippen MR) is 64.0 cm³/mol. The monoisotopic (exact) mass is 227 g/mol. The summed E-state index contributed by atoms with van der Waals surface area (Å²) in [7, 11) is 0. The van der Waals surface area contributed by atoms with E-state index in [0.29, 0.717) is 0 Å². The zero-order valence-corrected chi connectivity index (χ0v) is 9.63. The minimum Gasteiger partial charge on any atom is -0.394 e. The van der Waals surface area contributed by atoms with Crippen LogP contribution < -0.4 is 5.32 Å². The summed E-state index contributed by atoms with van der Waals surface area (Å²) < 4.78 is 0. The van der Waals surface area contributed by atoms with Crippen LogP contribution in [0.4, 0.5) is 0 Å². The van der Waals surface area contributed by atoms with Gasteiger partial charge in [-0.2, -0.15) is 0 Å². The van der Waals surface area contributed by atoms with Crippen molar-refractivity contribution in [1.82, 2.24) is 5.32 Å². The van der Waals surface area contributed by atoms with Crippen molar-refractivity contribution < 1.29 is 15.3 Å². The van der Waals surface area contributed by atoms with Crippen molar-refractivity contribution in [1.29, 1.82) is 0 Å². The van der Waals surface area contributed by atoms with Crippen molar-refractivity contribution in [3.63, 3.8) is 0 Å². The van der Waals surface area contributed by atoms with E-state index in [4.69, 9.17) is 15.3 Å². The molecule has 0 spiro atoms. The summed E-state index contributed by atoms with van der Waals surface area (Å²) in [5.41, 5.74) is 1.35. The number of aliphatic hydroxyl groups excluding tert-OH is 3. The standard InChI is InChI=1S/C9H13N.C3H8O3/c1-2-10-8-9-6-4-3-5-7-9;4-1-3(6)2-5/h3-7,10H,2,8H2,1H3;3-6H,1-2H2. The zero-order chi connectivity index (χ0) is 12.2. The minimum atomic E-state index is -0.954. The maximum absolute atomic E-state index is 8.17. The van der Waals surface area contributed by atoms with Crippen LogP contribution in [0.1, 0.15) is 12.5 Å². The van der Waals surface area contributed by atoms with Crippen LogP contribution in [0.5, 0.6) is 0 Å². The molecule has 16 heavy (non-hydrogen) atoms. The van der Waals surface area contributed by atoms with Crippen molar-refractivity contribution >= 4 is 0 Å². The number of rotatable bonds is 5. The molecule has 0 fully saturated rings. The largest absolute Gasteiger partial charge is 0.394 e. The maximum atomic E-state index is 8.17. The molecule has 0 heterocycles. The van der Waals surface area contributed by atoms with Crippen molar-refractivity contribution in [3.05, 3.63) is 35.9 Å². The van der Waals surface area contributed by atoms with Crippen LogP contribution in [0.15, 0.2) is 30.3 Å². The molecular weight excluding hydrogens is 206 g/mol. The van der Waals surface area contributed by atoms with Gasteiger partial charge in [-0.3, -0.25) is 0 Å². The summed E-state index contributed by atoms with van der Waals surface area (Å²) in [5.74, 6) is 0. The molecule has 0 saturated carbocycles. The van der Waals surface area contributed by atoms with Gasteiger partial charge in [0.25, 0.3) is 0 Å². The molecule has 1 aromatic rings. The van der Waals surface area contributed by atoms with Crippen molar-refractivity contribution in [3.8, 4) is 0 Å². The molecule has 0 aliphatic rings. The van der Waals surface area contributed by atoms with Crippen molar-refractivity contribution in [2.24, 2.45) is 0 Å². The average molecular weight is 227 g/mol. The van der Waals surface area contributed by atoms with E-state index in [9.17, 15) is 0 Å². The van der Waals surface area contributed by atoms with Crippen LogP contribution in [0.25, 0.3) is 0 Å². The fourth-order valence-electron chi connectivity index (χ4n) is 0.923. The molecule has 4 nitrogen and oxygen atoms in total. The van der Waals surface area contributed by atoms with E-state index in [1.54, 1.807) is 0 Å². The van der Waals surface area contributed by atoms with Gasteiger partial charge in [0.05, 0.1) is 13.2 Å². The lowest BCUT2D eigenvalue weighted by molar-refractivity contribution is 0.0450. The van der Waals surface area contributed by atoms with Gasteiger partial charge < -0.3 is 20.6 Å². The molecule has 0 atom stereocenters. The molecule has 4 N–H and O–H groups in total. The summed E-state index contributed by atoms with van der Waals surface area (Å²) in [6, 6.07) is 10.4. The minimum absolute atomic E-state index is 0.365. The Kier molecular flexibility index (Phi) is 9.95. The molecule has 0 aliphatic heterocycles. The highest BCUT2D eigenvalue weighted by Crippen LogP contribution is 1.96. The van der Waals surface area contributed by atoms with Gasteiger partial charge in [0.2, 0.25) is 0 Å². The van der Waals surface area contributed by atoms with Crippen LogP contribution in [-0.2, 0) is 6.54 Å². The first-order chi connectivity index (χ1) is 7.74. The smallest absolute Gasteiger partial charge is 0.100 e. The summed E-state index contributed by atoms with van der Waals surface area (Å²) in [4.78, 5) is 0. The van der Waals surface area contributed by atoms with Gasteiger partial charge in [-0.1, -0.05) is 37.3 Å². The van der Waals surface area contributed by atoms with Gasteiger partial charge in [0.15, 0.2) is 0 Å². The van der Waals surface area contributed by atoms with Gasteiger partial charge in [-0.25, -0.2) is 0 Å². The van der Waals surface area contributed by atoms with E-state index in [2.05, 4.69) is 36.5 Å². The van der Waals surface area contributed by atoms with Crippen LogP contribution >= 0.6 is 0 Å². The topological polar surface area (TPSA) is 72.7 Å². The second-order valence-electron chi connectivity index (χ2n) is 3.28. The second kappa shape index (κ2) is 10.6. The summed E-state index contributed by atoms with van der Waals surface area (Å²) in [6.45, 7) is 3.40. The molecule has 0 aromatic heterocycles. The molecule has 0 aliphatic carbocycles. The predicted octanol–water partition coefficient (Wildman–Crippen LogP) is 0.128. The van der Waals surface area contributed by atoms with E-state index in [1.165, 1.54) is 5.56 Å². The molecule has 92 valence electrons. The summed E-state index contributed by atoms with van der Waals surface area (Å²) >= 11 is 0. The number of benzene rings is 1. The highest BCUT2D eigenvalue weighted by atomic mass is 16.3. The van der Waals surface area contributed by atoms with Crippen LogP contribution in [0.3, 0.4) is 0 Å². The van der Waals surface area contributed by atoms with Gasteiger partial charge >= 0.3 is 0 Å². The van der Waals surface area contributed by atoms with Crippen LogP contribution in [-0.4, -0.2) is 41.2 Å². The van der Waals surface area contributed by atoms with E-state index in [-0.39, 0.29) is 13.2 Å². The summed E-state index contributed by atoms with van der Waals surface area (Å²) in [6.07, 6.45) is -0.954. The molecule has 0 saturated heterocycles. The molecule has 0 unspecified atom stereocenters. The lowest BCUT2D eigenvalue weighted by Gasteiger charge is -1.99. The lowest BCUT2D eigenvalue weighted by atomic mass is 10.2. The maximum Gasteiger partial charge on any atom is 0.100 e. The number of nitrogens with one attached hydrogen (secondary N) is 1. The summed E-state index contributed by atoms with van der Waals surface area (Å²) in [5, 5.41) is 27.3. The van der Waals surface area contributed by atoms with Crippen molar-refractivity contribution in [2.45, 2.75) is 19.6 Å². The quantitative estimate of drug-likeness (QED) is 0.577. The number of hydrogen-bond donors (Lipinski definition) is 4. The van der Waals surface area contributed by atoms with E-state index < -0.39 is 6.10 Å². The Morgan fingerprint density at radius 2 is 1.69 bits per heavy atom. The third-order valence-corrected chi connectivity index (χ3v) is 1.84. The molecular formula is C12H21NO3. The Hall–Kier alpha value is -0.940. The Balaban J connectivity index is 0.000000325. The molecule has 1 aromatic carbocycles. The van der Waals surface area contributed by atoms with Crippen molar-refractivity contribution in [2.75, 3.05) is 19.8 Å². The van der Waals surface area contributed by atoms with E-state index >= 15 is 0 Å². The SMILES string of the molecule is CCNCc1ccccc1.OCC(O)CO. The first-order valence-corrected chi connectivity index (χ1v) is 5.39. The van der Waals surface area contributed by atoms with Crippen LogP contribution in [0.2, 0.25) is 0 Å². The van der Waals surface area contributed by atoms with Gasteiger partial charge in [-0.05, 0) is 12.1 Å². The number of aliphatic hydroxyl groups is 3. The Morgan fingerprint density at radius 3 is 2.06 bits per heavy atom. The Morgan fingerprint density at radius 1 is 1.12 bits per heavy atom. The van der Waals surface area contributed by atoms with Gasteiger partial charge in [0, 0.05) is 6.54 Å². The fourth-order valence-corrected chi connectivity index (χ4v) is 0.923. The normalized spacial score (nSPS) is 9.81. The average Bonchev–Trinajstić information content (AvgIpc) is 2.37. The third-order valence-electron chi connectivity index (χ3n) is 1.84. The molecule has 1 rings (SSSR count). The van der Waals surface area contributed by atoms with E-state index in [1.807, 2.05) is 6.07 Å². The lowest BCUT2D eigenvalue weighted by Crippen LogP contribution is -2.15. The number of hydrogen-bond acceptors (Lipinski definition) is 4. The molecule has 0 amide bonds. The Bertz CT molecular complexity index is 237. The highest BCUT2D eigenvalue weighted by molar-refractivity contribution is 5.14. The second-order valence-corrected chi connectivity index (χ2v) is 3.28. The fraction of sp³-hybridized carbons (Fsp3) is 0.500. The Labute approximate surface area is 96.6 Å². The van der Waals surface area contributed by atoms with Crippen LogP contribution in [0, 0.1) is 0 Å². The first kappa shape index (κ1) is 15.1. The molecule has 0 radical (unpaired) electrons. The third kappa shape index (κ3) is 8.38. The van der Waals surface area contributed by atoms with Gasteiger partial charge in [0.1, 0.15) is 6.10 Å².